The van der Waals surface area contributed by atoms with Crippen LogP contribution in [0.2, 0.25) is 0 Å². The number of pyridine rings is 1. The third-order valence-corrected chi connectivity index (χ3v) is 3.69. The summed E-state index contributed by atoms with van der Waals surface area (Å²) in [4.78, 5) is 38.8. The van der Waals surface area contributed by atoms with Gasteiger partial charge in [-0.1, -0.05) is 0 Å². The first-order valence-corrected chi connectivity index (χ1v) is 7.49. The number of H-pyrrole nitrogens is 1. The van der Waals surface area contributed by atoms with Crippen LogP contribution >= 0.6 is 0 Å². The van der Waals surface area contributed by atoms with Crippen LogP contribution in [0.5, 0.6) is 0 Å². The van der Waals surface area contributed by atoms with Gasteiger partial charge in [-0.3, -0.25) is 4.79 Å². The summed E-state index contributed by atoms with van der Waals surface area (Å²) in [6.45, 7) is 0. The molecule has 0 saturated carbocycles. The predicted octanol–water partition coefficient (Wildman–Crippen LogP) is 1.70. The number of hydrogen-bond acceptors (Lipinski definition) is 7. The summed E-state index contributed by atoms with van der Waals surface area (Å²) >= 11 is 0. The molecule has 0 unspecified atom stereocenters. The van der Waals surface area contributed by atoms with Crippen molar-refractivity contribution in [2.45, 2.75) is 0 Å². The number of ketones is 1. The number of hydrogen-bond donors (Lipinski definition) is 3. The van der Waals surface area contributed by atoms with Crippen molar-refractivity contribution >= 4 is 34.5 Å². The van der Waals surface area contributed by atoms with E-state index in [4.69, 9.17) is 4.74 Å². The second-order valence-electron chi connectivity index (χ2n) is 5.34. The molecular formula is C17H11N5O4. The van der Waals surface area contributed by atoms with E-state index in [2.05, 4.69) is 25.3 Å². The number of allylic oxidation sites excluding steroid dienone is 1. The summed E-state index contributed by atoms with van der Waals surface area (Å²) in [6, 6.07) is 3.59. The Balaban J connectivity index is 1.70. The topological polar surface area (TPSA) is 130 Å². The number of fused-ring (bicyclic) bond motifs is 1. The number of aromatic amines is 1. The van der Waals surface area contributed by atoms with Crippen molar-refractivity contribution in [3.8, 4) is 0 Å². The Morgan fingerprint density at radius 3 is 2.88 bits per heavy atom. The minimum Gasteiger partial charge on any atom is -0.477 e. The van der Waals surface area contributed by atoms with Gasteiger partial charge in [0.2, 0.25) is 11.7 Å². The number of carboxylic acid groups (broad SMARTS) is 1. The van der Waals surface area contributed by atoms with Gasteiger partial charge in [-0.05, 0) is 18.2 Å². The molecule has 9 heteroatoms. The molecule has 4 heterocycles. The lowest BCUT2D eigenvalue weighted by atomic mass is 10.1. The molecule has 0 fully saturated rings. The highest BCUT2D eigenvalue weighted by atomic mass is 16.5. The van der Waals surface area contributed by atoms with E-state index in [-0.39, 0.29) is 11.6 Å². The summed E-state index contributed by atoms with van der Waals surface area (Å²) < 4.78 is 5.48. The number of carboxylic acids is 1. The number of nitrogens with zero attached hydrogens (tertiary/aromatic N) is 3. The molecule has 0 saturated heterocycles. The number of rotatable bonds is 4. The van der Waals surface area contributed by atoms with Crippen molar-refractivity contribution in [1.82, 2.24) is 19.9 Å². The fourth-order valence-electron chi connectivity index (χ4n) is 2.54. The zero-order chi connectivity index (χ0) is 18.1. The van der Waals surface area contributed by atoms with E-state index in [0.29, 0.717) is 16.9 Å². The summed E-state index contributed by atoms with van der Waals surface area (Å²) in [5.74, 6) is -2.40. The minimum atomic E-state index is -1.39. The fraction of sp³-hybridized carbons (Fsp3) is 0. The summed E-state index contributed by atoms with van der Waals surface area (Å²) in [7, 11) is 0. The molecule has 0 spiro atoms. The van der Waals surface area contributed by atoms with Crippen LogP contribution in [0.15, 0.2) is 60.5 Å². The van der Waals surface area contributed by atoms with E-state index in [1.807, 2.05) is 6.07 Å². The van der Waals surface area contributed by atoms with E-state index < -0.39 is 17.3 Å². The van der Waals surface area contributed by atoms with Gasteiger partial charge >= 0.3 is 5.97 Å². The third kappa shape index (κ3) is 2.67. The SMILES string of the molecule is O=C(O)C1=C(Nc2cncnc2)OC(=Cc2c[nH]c3ncccc23)C1=O. The zero-order valence-corrected chi connectivity index (χ0v) is 13.1. The lowest BCUT2D eigenvalue weighted by Crippen LogP contribution is -2.12. The molecule has 1 aliphatic rings. The summed E-state index contributed by atoms with van der Waals surface area (Å²) in [5, 5.41) is 12.9. The standard InChI is InChI=1S/C17H11N5O4/c23-14-12(4-9-5-21-15-11(9)2-1-3-20-15)26-16(13(14)17(24)25)22-10-6-18-8-19-7-10/h1-8,22H,(H,20,21)(H,24,25). The lowest BCUT2D eigenvalue weighted by Gasteiger charge is -2.06. The number of carbonyl (C=O) groups excluding carboxylic acids is 1. The normalized spacial score (nSPS) is 15.5. The van der Waals surface area contributed by atoms with Crippen molar-refractivity contribution in [3.63, 3.8) is 0 Å². The molecule has 0 amide bonds. The fourth-order valence-corrected chi connectivity index (χ4v) is 2.54. The van der Waals surface area contributed by atoms with Gasteiger partial charge in [0.1, 0.15) is 12.0 Å². The van der Waals surface area contributed by atoms with Crippen LogP contribution in [0.25, 0.3) is 17.1 Å². The highest BCUT2D eigenvalue weighted by Gasteiger charge is 2.36. The molecular weight excluding hydrogens is 338 g/mol. The van der Waals surface area contributed by atoms with Crippen LogP contribution in [0, 0.1) is 0 Å². The van der Waals surface area contributed by atoms with Crippen LogP contribution in [0.4, 0.5) is 5.69 Å². The van der Waals surface area contributed by atoms with Crippen LogP contribution in [0.3, 0.4) is 0 Å². The number of anilines is 1. The third-order valence-electron chi connectivity index (χ3n) is 3.69. The maximum absolute atomic E-state index is 12.5. The van der Waals surface area contributed by atoms with Crippen LogP contribution < -0.4 is 5.32 Å². The second-order valence-corrected chi connectivity index (χ2v) is 5.34. The predicted molar refractivity (Wildman–Crippen MR) is 90.5 cm³/mol. The zero-order valence-electron chi connectivity index (χ0n) is 13.1. The number of Topliss-reactive ketones (excluding diaryl/α,β-unsaturated/α-hetero) is 1. The van der Waals surface area contributed by atoms with E-state index in [1.54, 1.807) is 18.5 Å². The Morgan fingerprint density at radius 2 is 2.12 bits per heavy atom. The largest absolute Gasteiger partial charge is 0.477 e. The maximum Gasteiger partial charge on any atom is 0.345 e. The monoisotopic (exact) mass is 349 g/mol. The highest BCUT2D eigenvalue weighted by molar-refractivity contribution is 6.26. The van der Waals surface area contributed by atoms with Gasteiger partial charge in [-0.25, -0.2) is 19.7 Å². The first-order chi connectivity index (χ1) is 12.6. The van der Waals surface area contributed by atoms with E-state index in [9.17, 15) is 14.7 Å². The second kappa shape index (κ2) is 6.13. The first-order valence-electron chi connectivity index (χ1n) is 7.49. The van der Waals surface area contributed by atoms with E-state index in [0.717, 1.165) is 5.39 Å². The Kier molecular flexibility index (Phi) is 3.66. The smallest absolute Gasteiger partial charge is 0.345 e. The highest BCUT2D eigenvalue weighted by Crippen LogP contribution is 2.29. The van der Waals surface area contributed by atoms with Crippen molar-refractivity contribution in [1.29, 1.82) is 0 Å². The lowest BCUT2D eigenvalue weighted by molar-refractivity contribution is -0.134. The van der Waals surface area contributed by atoms with Crippen molar-refractivity contribution in [2.75, 3.05) is 5.32 Å². The Morgan fingerprint density at radius 1 is 1.31 bits per heavy atom. The number of carbonyl (C=O) groups is 2. The van der Waals surface area contributed by atoms with Crippen molar-refractivity contribution in [2.24, 2.45) is 0 Å². The van der Waals surface area contributed by atoms with Crippen molar-refractivity contribution < 1.29 is 19.4 Å². The van der Waals surface area contributed by atoms with Crippen molar-refractivity contribution in [3.05, 3.63) is 66.0 Å². The Bertz CT molecular complexity index is 1080. The van der Waals surface area contributed by atoms with E-state index >= 15 is 0 Å². The van der Waals surface area contributed by atoms with E-state index in [1.165, 1.54) is 24.8 Å². The molecule has 4 rings (SSSR count). The van der Waals surface area contributed by atoms with Gasteiger partial charge in [-0.15, -0.1) is 0 Å². The molecule has 0 aliphatic carbocycles. The number of ether oxygens (including phenoxy) is 1. The summed E-state index contributed by atoms with van der Waals surface area (Å²) in [5.41, 5.74) is 1.21. The average Bonchev–Trinajstić information content (AvgIpc) is 3.18. The van der Waals surface area contributed by atoms with Gasteiger partial charge in [0, 0.05) is 23.3 Å². The number of aromatic nitrogens is 4. The maximum atomic E-state index is 12.5. The molecule has 9 nitrogen and oxygen atoms in total. The Hall–Kier alpha value is -4.01. The number of aliphatic carboxylic acids is 1. The molecule has 26 heavy (non-hydrogen) atoms. The molecule has 0 atom stereocenters. The van der Waals surface area contributed by atoms with Crippen LogP contribution in [-0.2, 0) is 14.3 Å². The molecule has 0 aromatic carbocycles. The molecule has 128 valence electrons. The first kappa shape index (κ1) is 15.5. The minimum absolute atomic E-state index is 0.105. The quantitative estimate of drug-likeness (QED) is 0.479. The molecule has 3 aromatic rings. The summed E-state index contributed by atoms with van der Waals surface area (Å²) in [6.07, 6.45) is 8.97. The molecule has 0 bridgehead atoms. The van der Waals surface area contributed by atoms with Gasteiger partial charge in [-0.2, -0.15) is 0 Å². The Labute approximate surface area is 146 Å². The molecule has 3 N–H and O–H groups in total. The molecule has 0 radical (unpaired) electrons. The average molecular weight is 349 g/mol. The van der Waals surface area contributed by atoms with Gasteiger partial charge in [0.05, 0.1) is 18.1 Å². The number of nitrogens with one attached hydrogen (secondary N) is 2. The van der Waals surface area contributed by atoms with Crippen LogP contribution in [0.1, 0.15) is 5.56 Å². The molecule has 3 aromatic heterocycles. The van der Waals surface area contributed by atoms with Gasteiger partial charge < -0.3 is 20.1 Å². The van der Waals surface area contributed by atoms with Gasteiger partial charge in [0.15, 0.2) is 11.3 Å². The molecule has 1 aliphatic heterocycles. The van der Waals surface area contributed by atoms with Crippen LogP contribution in [-0.4, -0.2) is 36.8 Å². The van der Waals surface area contributed by atoms with Gasteiger partial charge in [0.25, 0.3) is 0 Å².